The van der Waals surface area contributed by atoms with Gasteiger partial charge in [0.15, 0.2) is 0 Å². The second kappa shape index (κ2) is 6.68. The lowest BCUT2D eigenvalue weighted by Crippen LogP contribution is -2.08. The molecule has 19 heavy (non-hydrogen) atoms. The lowest BCUT2D eigenvalue weighted by molar-refractivity contribution is 0.144. The number of rotatable bonds is 7. The SMILES string of the molecule is CCNc1nc(OCCOC)c2cc(CC)sc2n1. The van der Waals surface area contributed by atoms with E-state index in [1.165, 1.54) is 4.88 Å². The molecule has 0 atom stereocenters. The molecule has 0 unspecified atom stereocenters. The van der Waals surface area contributed by atoms with E-state index < -0.39 is 0 Å². The third kappa shape index (κ3) is 3.33. The van der Waals surface area contributed by atoms with Gasteiger partial charge in [0.25, 0.3) is 0 Å². The molecule has 0 aliphatic heterocycles. The third-order valence-electron chi connectivity index (χ3n) is 2.62. The van der Waals surface area contributed by atoms with Crippen molar-refractivity contribution in [1.29, 1.82) is 0 Å². The molecule has 0 amide bonds. The van der Waals surface area contributed by atoms with Crippen molar-refractivity contribution in [3.8, 4) is 5.88 Å². The largest absolute Gasteiger partial charge is 0.475 e. The number of fused-ring (bicyclic) bond motifs is 1. The Labute approximate surface area is 117 Å². The van der Waals surface area contributed by atoms with Gasteiger partial charge in [-0.25, -0.2) is 4.98 Å². The van der Waals surface area contributed by atoms with Crippen LogP contribution in [0.25, 0.3) is 10.2 Å². The van der Waals surface area contributed by atoms with Gasteiger partial charge in [0.1, 0.15) is 11.4 Å². The molecule has 2 heterocycles. The maximum absolute atomic E-state index is 5.70. The molecule has 5 nitrogen and oxygen atoms in total. The first-order chi connectivity index (χ1) is 9.28. The first kappa shape index (κ1) is 14.0. The molecule has 0 aromatic carbocycles. The van der Waals surface area contributed by atoms with E-state index in [0.717, 1.165) is 23.2 Å². The fraction of sp³-hybridized carbons (Fsp3) is 0.538. The number of hydrogen-bond donors (Lipinski definition) is 1. The monoisotopic (exact) mass is 281 g/mol. The standard InChI is InChI=1S/C13H19N3O2S/c1-4-9-8-10-11(18-7-6-17-3)15-13(14-5-2)16-12(10)19-9/h8H,4-7H2,1-3H3,(H,14,15,16). The fourth-order valence-corrected chi connectivity index (χ4v) is 2.65. The second-order valence-corrected chi connectivity index (χ2v) is 5.12. The van der Waals surface area contributed by atoms with Crippen LogP contribution in [0.2, 0.25) is 0 Å². The Morgan fingerprint density at radius 3 is 2.79 bits per heavy atom. The van der Waals surface area contributed by atoms with E-state index in [1.54, 1.807) is 18.4 Å². The topological polar surface area (TPSA) is 56.3 Å². The van der Waals surface area contributed by atoms with Crippen LogP contribution in [-0.4, -0.2) is 36.8 Å². The molecule has 1 N–H and O–H groups in total. The van der Waals surface area contributed by atoms with Gasteiger partial charge in [-0.15, -0.1) is 11.3 Å². The van der Waals surface area contributed by atoms with E-state index in [1.807, 2.05) is 6.92 Å². The summed E-state index contributed by atoms with van der Waals surface area (Å²) >= 11 is 1.69. The van der Waals surface area contributed by atoms with Crippen molar-refractivity contribution in [2.24, 2.45) is 0 Å². The van der Waals surface area contributed by atoms with E-state index in [0.29, 0.717) is 25.0 Å². The molecule has 0 bridgehead atoms. The molecule has 0 saturated carbocycles. The Bertz CT molecular complexity index is 542. The molecular formula is C13H19N3O2S. The van der Waals surface area contributed by atoms with Gasteiger partial charge < -0.3 is 14.8 Å². The van der Waals surface area contributed by atoms with Crippen molar-refractivity contribution >= 4 is 27.5 Å². The quantitative estimate of drug-likeness (QED) is 0.791. The molecule has 0 spiro atoms. The predicted molar refractivity (Wildman–Crippen MR) is 78.3 cm³/mol. The van der Waals surface area contributed by atoms with Crippen molar-refractivity contribution in [2.75, 3.05) is 32.2 Å². The number of hydrogen-bond acceptors (Lipinski definition) is 6. The minimum Gasteiger partial charge on any atom is -0.475 e. The first-order valence-electron chi connectivity index (χ1n) is 6.44. The Hall–Kier alpha value is -1.40. The van der Waals surface area contributed by atoms with Crippen molar-refractivity contribution in [3.63, 3.8) is 0 Å². The summed E-state index contributed by atoms with van der Waals surface area (Å²) < 4.78 is 10.7. The normalized spacial score (nSPS) is 10.9. The Morgan fingerprint density at radius 1 is 1.26 bits per heavy atom. The van der Waals surface area contributed by atoms with Gasteiger partial charge in [0.2, 0.25) is 11.8 Å². The average Bonchev–Trinajstić information content (AvgIpc) is 2.82. The Balaban J connectivity index is 2.35. The molecule has 0 fully saturated rings. The molecule has 2 rings (SSSR count). The fourth-order valence-electron chi connectivity index (χ4n) is 1.69. The van der Waals surface area contributed by atoms with E-state index in [2.05, 4.69) is 28.3 Å². The summed E-state index contributed by atoms with van der Waals surface area (Å²) in [7, 11) is 1.66. The van der Waals surface area contributed by atoms with Gasteiger partial charge in [-0.05, 0) is 19.4 Å². The van der Waals surface area contributed by atoms with Crippen LogP contribution in [0.4, 0.5) is 5.95 Å². The Morgan fingerprint density at radius 2 is 2.11 bits per heavy atom. The second-order valence-electron chi connectivity index (χ2n) is 4.01. The van der Waals surface area contributed by atoms with Crippen molar-refractivity contribution in [1.82, 2.24) is 9.97 Å². The number of anilines is 1. The van der Waals surface area contributed by atoms with Crippen LogP contribution >= 0.6 is 11.3 Å². The zero-order valence-electron chi connectivity index (χ0n) is 11.5. The van der Waals surface area contributed by atoms with E-state index in [9.17, 15) is 0 Å². The van der Waals surface area contributed by atoms with E-state index in [4.69, 9.17) is 9.47 Å². The van der Waals surface area contributed by atoms with Crippen LogP contribution in [0.15, 0.2) is 6.07 Å². The molecule has 0 aliphatic rings. The summed E-state index contributed by atoms with van der Waals surface area (Å²) in [6, 6.07) is 2.11. The van der Waals surface area contributed by atoms with Crippen LogP contribution in [0.3, 0.4) is 0 Å². The number of aromatic nitrogens is 2. The maximum Gasteiger partial charge on any atom is 0.227 e. The van der Waals surface area contributed by atoms with Gasteiger partial charge in [-0.1, -0.05) is 6.92 Å². The molecule has 0 aliphatic carbocycles. The number of methoxy groups -OCH3 is 1. The van der Waals surface area contributed by atoms with Gasteiger partial charge in [0.05, 0.1) is 12.0 Å². The molecule has 2 aromatic heterocycles. The van der Waals surface area contributed by atoms with Crippen LogP contribution in [0.5, 0.6) is 5.88 Å². The number of nitrogens with one attached hydrogen (secondary N) is 1. The summed E-state index contributed by atoms with van der Waals surface area (Å²) in [5, 5.41) is 4.12. The molecule has 6 heteroatoms. The zero-order valence-corrected chi connectivity index (χ0v) is 12.3. The highest BCUT2D eigenvalue weighted by Crippen LogP contribution is 2.31. The highest BCUT2D eigenvalue weighted by molar-refractivity contribution is 7.18. The van der Waals surface area contributed by atoms with Crippen molar-refractivity contribution < 1.29 is 9.47 Å². The maximum atomic E-state index is 5.70. The molecular weight excluding hydrogens is 262 g/mol. The van der Waals surface area contributed by atoms with Crippen LogP contribution in [-0.2, 0) is 11.2 Å². The molecule has 0 saturated heterocycles. The highest BCUT2D eigenvalue weighted by atomic mass is 32.1. The number of nitrogens with zero attached hydrogens (tertiary/aromatic N) is 2. The number of ether oxygens (including phenoxy) is 2. The molecule has 2 aromatic rings. The van der Waals surface area contributed by atoms with Crippen LogP contribution in [0.1, 0.15) is 18.7 Å². The van der Waals surface area contributed by atoms with E-state index >= 15 is 0 Å². The van der Waals surface area contributed by atoms with Gasteiger partial charge in [-0.3, -0.25) is 0 Å². The van der Waals surface area contributed by atoms with Gasteiger partial charge in [-0.2, -0.15) is 4.98 Å². The molecule has 104 valence electrons. The summed E-state index contributed by atoms with van der Waals surface area (Å²) in [4.78, 5) is 11.2. The van der Waals surface area contributed by atoms with Crippen LogP contribution < -0.4 is 10.1 Å². The first-order valence-corrected chi connectivity index (χ1v) is 7.26. The van der Waals surface area contributed by atoms with Crippen molar-refractivity contribution in [2.45, 2.75) is 20.3 Å². The lowest BCUT2D eigenvalue weighted by Gasteiger charge is -2.08. The summed E-state index contributed by atoms with van der Waals surface area (Å²) in [5.74, 6) is 1.25. The average molecular weight is 281 g/mol. The summed E-state index contributed by atoms with van der Waals surface area (Å²) in [5.41, 5.74) is 0. The highest BCUT2D eigenvalue weighted by Gasteiger charge is 2.12. The van der Waals surface area contributed by atoms with E-state index in [-0.39, 0.29) is 0 Å². The Kier molecular flexibility index (Phi) is 4.93. The van der Waals surface area contributed by atoms with Crippen molar-refractivity contribution in [3.05, 3.63) is 10.9 Å². The smallest absolute Gasteiger partial charge is 0.227 e. The van der Waals surface area contributed by atoms with Gasteiger partial charge >= 0.3 is 0 Å². The van der Waals surface area contributed by atoms with Gasteiger partial charge in [0, 0.05) is 18.5 Å². The molecule has 0 radical (unpaired) electrons. The number of thiophene rings is 1. The minimum atomic E-state index is 0.492. The lowest BCUT2D eigenvalue weighted by atomic mass is 10.3. The summed E-state index contributed by atoms with van der Waals surface area (Å²) in [6.07, 6.45) is 0.995. The van der Waals surface area contributed by atoms with Crippen LogP contribution in [0, 0.1) is 0 Å². The third-order valence-corrected chi connectivity index (χ3v) is 3.79. The number of aryl methyl sites for hydroxylation is 1. The minimum absolute atomic E-state index is 0.492. The predicted octanol–water partition coefficient (Wildman–Crippen LogP) is 2.71. The zero-order chi connectivity index (χ0) is 13.7. The summed E-state index contributed by atoms with van der Waals surface area (Å²) in [6.45, 7) is 5.98.